The number of rotatable bonds is 4. The molecule has 0 saturated heterocycles. The molecule has 6 nitrogen and oxygen atoms in total. The summed E-state index contributed by atoms with van der Waals surface area (Å²) in [5.74, 6) is 0. The van der Waals surface area contributed by atoms with Gasteiger partial charge in [0.2, 0.25) is 0 Å². The van der Waals surface area contributed by atoms with Gasteiger partial charge in [0, 0.05) is 17.9 Å². The Bertz CT molecular complexity index is 583. The predicted molar refractivity (Wildman–Crippen MR) is 73.8 cm³/mol. The molecule has 2 aromatic rings. The van der Waals surface area contributed by atoms with E-state index in [4.69, 9.17) is 5.73 Å². The van der Waals surface area contributed by atoms with E-state index < -0.39 is 4.92 Å². The average Bonchev–Trinajstić information content (AvgIpc) is 2.39. The minimum Gasteiger partial charge on any atom is -0.399 e. The van der Waals surface area contributed by atoms with Crippen molar-refractivity contribution in [3.05, 3.63) is 58.4 Å². The molecule has 0 aliphatic heterocycles. The lowest BCUT2D eigenvalue weighted by Crippen LogP contribution is -2.08. The highest BCUT2D eigenvalue weighted by atomic mass is 16.6. The summed E-state index contributed by atoms with van der Waals surface area (Å²) < 4.78 is 0. The lowest BCUT2D eigenvalue weighted by Gasteiger charge is -2.15. The van der Waals surface area contributed by atoms with Crippen molar-refractivity contribution in [2.24, 2.45) is 0 Å². The number of pyridine rings is 1. The first-order valence-electron chi connectivity index (χ1n) is 5.78. The fraction of sp³-hybridized carbons (Fsp3) is 0.154. The molecule has 0 saturated carbocycles. The van der Waals surface area contributed by atoms with Gasteiger partial charge >= 0.3 is 5.69 Å². The van der Waals surface area contributed by atoms with Crippen molar-refractivity contribution in [2.75, 3.05) is 11.1 Å². The molecule has 1 heterocycles. The van der Waals surface area contributed by atoms with Crippen molar-refractivity contribution in [2.45, 2.75) is 13.0 Å². The van der Waals surface area contributed by atoms with Gasteiger partial charge in [-0.05, 0) is 30.7 Å². The Balaban J connectivity index is 2.21. The van der Waals surface area contributed by atoms with Crippen molar-refractivity contribution < 1.29 is 4.92 Å². The number of hydrogen-bond acceptors (Lipinski definition) is 5. The number of nitro groups is 1. The number of nitrogen functional groups attached to an aromatic ring is 1. The van der Waals surface area contributed by atoms with Crippen LogP contribution >= 0.6 is 0 Å². The summed E-state index contributed by atoms with van der Waals surface area (Å²) in [4.78, 5) is 14.2. The van der Waals surface area contributed by atoms with E-state index in [0.717, 1.165) is 5.56 Å². The molecule has 1 aromatic carbocycles. The summed E-state index contributed by atoms with van der Waals surface area (Å²) in [7, 11) is 0. The molecule has 0 bridgehead atoms. The molecule has 0 spiro atoms. The van der Waals surface area contributed by atoms with Crippen molar-refractivity contribution in [1.29, 1.82) is 0 Å². The van der Waals surface area contributed by atoms with Gasteiger partial charge in [0.15, 0.2) is 0 Å². The minimum absolute atomic E-state index is 0.0372. The monoisotopic (exact) mass is 258 g/mol. The first-order valence-corrected chi connectivity index (χ1v) is 5.78. The molecule has 1 unspecified atom stereocenters. The largest absolute Gasteiger partial charge is 0.399 e. The Hall–Kier alpha value is -2.63. The number of nitrogens with zero attached hydrogens (tertiary/aromatic N) is 2. The number of hydrogen-bond donors (Lipinski definition) is 2. The second-order valence-corrected chi connectivity index (χ2v) is 4.18. The van der Waals surface area contributed by atoms with Crippen molar-refractivity contribution in [3.8, 4) is 0 Å². The molecule has 1 aromatic heterocycles. The highest BCUT2D eigenvalue weighted by molar-refractivity contribution is 5.60. The van der Waals surface area contributed by atoms with Crippen LogP contribution in [0.2, 0.25) is 0 Å². The highest BCUT2D eigenvalue weighted by Crippen LogP contribution is 2.26. The van der Waals surface area contributed by atoms with Gasteiger partial charge in [0.25, 0.3) is 0 Å². The van der Waals surface area contributed by atoms with E-state index in [9.17, 15) is 10.1 Å². The first-order chi connectivity index (χ1) is 9.08. The number of nitrogens with one attached hydrogen (secondary N) is 1. The van der Waals surface area contributed by atoms with Crippen LogP contribution in [-0.4, -0.2) is 9.91 Å². The average molecular weight is 258 g/mol. The maximum Gasteiger partial charge on any atom is 0.310 e. The molecule has 6 heteroatoms. The zero-order valence-corrected chi connectivity index (χ0v) is 10.4. The molecule has 1 atom stereocenters. The minimum atomic E-state index is -0.453. The summed E-state index contributed by atoms with van der Waals surface area (Å²) in [5.41, 5.74) is 7.72. The third kappa shape index (κ3) is 2.98. The van der Waals surface area contributed by atoms with Crippen LogP contribution in [0.15, 0.2) is 42.7 Å². The third-order valence-corrected chi connectivity index (χ3v) is 2.81. The molecule has 0 aliphatic rings. The molecular formula is C13H14N4O2. The Morgan fingerprint density at radius 3 is 2.63 bits per heavy atom. The number of aromatic nitrogens is 1. The lowest BCUT2D eigenvalue weighted by atomic mass is 10.1. The molecule has 0 radical (unpaired) electrons. The van der Waals surface area contributed by atoms with Gasteiger partial charge in [0.1, 0.15) is 11.9 Å². The van der Waals surface area contributed by atoms with Crippen LogP contribution < -0.4 is 11.1 Å². The number of anilines is 2. The van der Waals surface area contributed by atoms with Gasteiger partial charge in [0.05, 0.1) is 4.92 Å². The van der Waals surface area contributed by atoms with Crippen LogP contribution in [0.3, 0.4) is 0 Å². The van der Waals surface area contributed by atoms with E-state index in [0.29, 0.717) is 11.4 Å². The molecule has 19 heavy (non-hydrogen) atoms. The van der Waals surface area contributed by atoms with E-state index in [1.54, 1.807) is 18.2 Å². The van der Waals surface area contributed by atoms with Gasteiger partial charge in [-0.15, -0.1) is 0 Å². The van der Waals surface area contributed by atoms with Gasteiger partial charge in [-0.2, -0.15) is 0 Å². The highest BCUT2D eigenvalue weighted by Gasteiger charge is 2.15. The van der Waals surface area contributed by atoms with Gasteiger partial charge in [-0.1, -0.05) is 12.1 Å². The molecule has 0 aliphatic carbocycles. The Morgan fingerprint density at radius 1 is 1.32 bits per heavy atom. The van der Waals surface area contributed by atoms with Crippen LogP contribution in [-0.2, 0) is 0 Å². The third-order valence-electron chi connectivity index (χ3n) is 2.81. The van der Waals surface area contributed by atoms with Crippen LogP contribution in [0.4, 0.5) is 17.1 Å². The van der Waals surface area contributed by atoms with E-state index in [1.165, 1.54) is 12.4 Å². The Kier molecular flexibility index (Phi) is 3.61. The summed E-state index contributed by atoms with van der Waals surface area (Å²) in [6.07, 6.45) is 2.75. The smallest absolute Gasteiger partial charge is 0.310 e. The maximum absolute atomic E-state index is 10.9. The lowest BCUT2D eigenvalue weighted by molar-refractivity contribution is -0.384. The van der Waals surface area contributed by atoms with Crippen molar-refractivity contribution >= 4 is 17.1 Å². The van der Waals surface area contributed by atoms with Crippen LogP contribution in [0.1, 0.15) is 18.5 Å². The van der Waals surface area contributed by atoms with Gasteiger partial charge in [-0.3, -0.25) is 15.1 Å². The zero-order valence-electron chi connectivity index (χ0n) is 10.4. The standard InChI is InChI=1S/C13H14N4O2/c1-9(10-2-4-11(14)5-3-10)16-12-6-7-15-8-13(12)17(18)19/h2-9H,14H2,1H3,(H,15,16). The molecule has 2 rings (SSSR count). The summed E-state index contributed by atoms with van der Waals surface area (Å²) >= 11 is 0. The SMILES string of the molecule is CC(Nc1ccncc1[N+](=O)[O-])c1ccc(N)cc1. The number of benzene rings is 1. The topological polar surface area (TPSA) is 94.1 Å². The summed E-state index contributed by atoms with van der Waals surface area (Å²) in [6, 6.07) is 8.90. The van der Waals surface area contributed by atoms with Crippen LogP contribution in [0.25, 0.3) is 0 Å². The molecule has 98 valence electrons. The quantitative estimate of drug-likeness (QED) is 0.499. The summed E-state index contributed by atoms with van der Waals surface area (Å²) in [6.45, 7) is 1.93. The van der Waals surface area contributed by atoms with E-state index in [1.807, 2.05) is 19.1 Å². The van der Waals surface area contributed by atoms with Gasteiger partial charge < -0.3 is 11.1 Å². The molecule has 0 fully saturated rings. The van der Waals surface area contributed by atoms with E-state index in [2.05, 4.69) is 10.3 Å². The first kappa shape index (κ1) is 12.8. The Labute approximate surface area is 110 Å². The second kappa shape index (κ2) is 5.34. The van der Waals surface area contributed by atoms with Crippen LogP contribution in [0, 0.1) is 10.1 Å². The molecule has 0 amide bonds. The zero-order chi connectivity index (χ0) is 13.8. The van der Waals surface area contributed by atoms with E-state index in [-0.39, 0.29) is 11.7 Å². The van der Waals surface area contributed by atoms with Crippen LogP contribution in [0.5, 0.6) is 0 Å². The normalized spacial score (nSPS) is 11.8. The van der Waals surface area contributed by atoms with E-state index >= 15 is 0 Å². The van der Waals surface area contributed by atoms with Gasteiger partial charge in [-0.25, -0.2) is 0 Å². The molecular weight excluding hydrogens is 244 g/mol. The second-order valence-electron chi connectivity index (χ2n) is 4.18. The van der Waals surface area contributed by atoms with Crippen molar-refractivity contribution in [1.82, 2.24) is 4.98 Å². The number of nitrogens with two attached hydrogens (primary N) is 1. The fourth-order valence-electron chi connectivity index (χ4n) is 1.75. The maximum atomic E-state index is 10.9. The van der Waals surface area contributed by atoms with Crippen molar-refractivity contribution in [3.63, 3.8) is 0 Å². The summed E-state index contributed by atoms with van der Waals surface area (Å²) in [5, 5.41) is 14.0. The predicted octanol–water partition coefficient (Wildman–Crippen LogP) is 2.75. The Morgan fingerprint density at radius 2 is 2.00 bits per heavy atom. The fourth-order valence-corrected chi connectivity index (χ4v) is 1.75. The molecule has 3 N–H and O–H groups in total.